The third-order valence-corrected chi connectivity index (χ3v) is 6.80. The number of rotatable bonds is 7. The first-order valence-electron chi connectivity index (χ1n) is 12.7. The van der Waals surface area contributed by atoms with Crippen molar-refractivity contribution in [1.82, 2.24) is 10.2 Å². The standard InChI is InChI=1S/C27H37N5O5/c1-18(33)17-28-27(35)31(3)21-8-6-20(7-9-21)29-26(34)24-10-5-19-15-22(36-4)16-23(25(19)37-24)32-13-11-30(2)12-14-32/h6-9,15-16,18,24,33H,5,10-14,17H2,1-4H3,(H,28,35)(H,29,34). The number of nitrogens with one attached hydrogen (secondary N) is 2. The number of aliphatic hydroxyl groups excluding tert-OH is 1. The lowest BCUT2D eigenvalue weighted by Gasteiger charge is -2.37. The highest BCUT2D eigenvalue weighted by atomic mass is 16.5. The fourth-order valence-electron chi connectivity index (χ4n) is 4.50. The number of nitrogens with zero attached hydrogens (tertiary/aromatic N) is 3. The highest BCUT2D eigenvalue weighted by Gasteiger charge is 2.31. The summed E-state index contributed by atoms with van der Waals surface area (Å²) in [6.45, 7) is 5.47. The van der Waals surface area contributed by atoms with Gasteiger partial charge in [-0.2, -0.15) is 0 Å². The van der Waals surface area contributed by atoms with Crippen LogP contribution in [0.4, 0.5) is 21.9 Å². The topological polar surface area (TPSA) is 107 Å². The van der Waals surface area contributed by atoms with E-state index in [0.29, 0.717) is 17.8 Å². The molecule has 200 valence electrons. The number of piperazine rings is 1. The van der Waals surface area contributed by atoms with Crippen molar-refractivity contribution in [1.29, 1.82) is 0 Å². The van der Waals surface area contributed by atoms with E-state index < -0.39 is 12.2 Å². The number of anilines is 3. The van der Waals surface area contributed by atoms with Crippen molar-refractivity contribution in [3.05, 3.63) is 42.0 Å². The number of ether oxygens (including phenoxy) is 2. The number of aryl methyl sites for hydroxylation is 1. The van der Waals surface area contributed by atoms with Crippen molar-refractivity contribution in [3.63, 3.8) is 0 Å². The summed E-state index contributed by atoms with van der Waals surface area (Å²) in [5.74, 6) is 1.35. The van der Waals surface area contributed by atoms with Gasteiger partial charge in [0, 0.05) is 62.8 Å². The average molecular weight is 512 g/mol. The van der Waals surface area contributed by atoms with E-state index >= 15 is 0 Å². The highest BCUT2D eigenvalue weighted by molar-refractivity contribution is 5.96. The molecule has 2 aromatic carbocycles. The van der Waals surface area contributed by atoms with Gasteiger partial charge in [0.05, 0.1) is 18.9 Å². The highest BCUT2D eigenvalue weighted by Crippen LogP contribution is 2.41. The van der Waals surface area contributed by atoms with Crippen LogP contribution in [0.3, 0.4) is 0 Å². The largest absolute Gasteiger partial charge is 0.497 e. The number of hydrogen-bond acceptors (Lipinski definition) is 7. The zero-order valence-corrected chi connectivity index (χ0v) is 22.0. The van der Waals surface area contributed by atoms with Gasteiger partial charge < -0.3 is 35.0 Å². The molecule has 0 saturated carbocycles. The zero-order chi connectivity index (χ0) is 26.5. The van der Waals surface area contributed by atoms with Crippen molar-refractivity contribution in [2.75, 3.05) is 69.0 Å². The maximum atomic E-state index is 13.1. The molecule has 2 heterocycles. The van der Waals surface area contributed by atoms with E-state index in [1.165, 1.54) is 4.90 Å². The van der Waals surface area contributed by atoms with E-state index in [9.17, 15) is 14.7 Å². The van der Waals surface area contributed by atoms with Crippen molar-refractivity contribution in [2.24, 2.45) is 0 Å². The molecule has 0 radical (unpaired) electrons. The van der Waals surface area contributed by atoms with Gasteiger partial charge in [-0.3, -0.25) is 9.69 Å². The molecule has 2 aromatic rings. The summed E-state index contributed by atoms with van der Waals surface area (Å²) in [6, 6.07) is 10.7. The lowest BCUT2D eigenvalue weighted by atomic mass is 9.99. The molecule has 0 bridgehead atoms. The summed E-state index contributed by atoms with van der Waals surface area (Å²) >= 11 is 0. The minimum absolute atomic E-state index is 0.172. The van der Waals surface area contributed by atoms with Crippen LogP contribution in [0.5, 0.6) is 11.5 Å². The van der Waals surface area contributed by atoms with Gasteiger partial charge in [-0.15, -0.1) is 0 Å². The van der Waals surface area contributed by atoms with E-state index in [1.54, 1.807) is 45.3 Å². The zero-order valence-electron chi connectivity index (χ0n) is 22.0. The lowest BCUT2D eigenvalue weighted by Crippen LogP contribution is -2.45. The third kappa shape index (κ3) is 6.44. The summed E-state index contributed by atoms with van der Waals surface area (Å²) in [4.78, 5) is 31.4. The number of carbonyl (C=O) groups is 2. The van der Waals surface area contributed by atoms with E-state index in [2.05, 4.69) is 27.5 Å². The Bertz CT molecular complexity index is 1100. The van der Waals surface area contributed by atoms with Crippen LogP contribution >= 0.6 is 0 Å². The van der Waals surface area contributed by atoms with Gasteiger partial charge in [0.1, 0.15) is 11.5 Å². The molecule has 1 saturated heterocycles. The normalized spacial score (nSPS) is 18.3. The molecule has 2 atom stereocenters. The van der Waals surface area contributed by atoms with Gasteiger partial charge in [-0.25, -0.2) is 4.79 Å². The van der Waals surface area contributed by atoms with Crippen molar-refractivity contribution in [2.45, 2.75) is 32.0 Å². The predicted octanol–water partition coefficient (Wildman–Crippen LogP) is 2.31. The SMILES string of the molecule is COc1cc2c(c(N3CCN(C)CC3)c1)OC(C(=O)Nc1ccc(N(C)C(=O)NCC(C)O)cc1)CC2. The number of likely N-dealkylation sites (N-methyl/N-ethyl adjacent to an activating group) is 1. The number of aliphatic hydroxyl groups is 1. The average Bonchev–Trinajstić information content (AvgIpc) is 2.91. The Morgan fingerprint density at radius 3 is 2.54 bits per heavy atom. The first kappa shape index (κ1) is 26.6. The van der Waals surface area contributed by atoms with Crippen LogP contribution in [0.2, 0.25) is 0 Å². The van der Waals surface area contributed by atoms with Gasteiger partial charge in [0.25, 0.3) is 5.91 Å². The third-order valence-electron chi connectivity index (χ3n) is 6.80. The van der Waals surface area contributed by atoms with Crippen LogP contribution in [0.15, 0.2) is 36.4 Å². The number of hydrogen-bond donors (Lipinski definition) is 3. The fourth-order valence-corrected chi connectivity index (χ4v) is 4.50. The Balaban J connectivity index is 1.42. The molecule has 10 nitrogen and oxygen atoms in total. The minimum atomic E-state index is -0.622. The molecule has 10 heteroatoms. The summed E-state index contributed by atoms with van der Waals surface area (Å²) in [5.41, 5.74) is 3.31. The smallest absolute Gasteiger partial charge is 0.321 e. The van der Waals surface area contributed by atoms with Gasteiger partial charge in [-0.1, -0.05) is 0 Å². The molecule has 2 aliphatic heterocycles. The van der Waals surface area contributed by atoms with Gasteiger partial charge in [-0.05, 0) is 57.1 Å². The molecule has 4 rings (SSSR count). The maximum Gasteiger partial charge on any atom is 0.321 e. The second-order valence-corrected chi connectivity index (χ2v) is 9.70. The van der Waals surface area contributed by atoms with Gasteiger partial charge >= 0.3 is 6.03 Å². The Labute approximate surface area is 218 Å². The monoisotopic (exact) mass is 511 g/mol. The van der Waals surface area contributed by atoms with E-state index in [4.69, 9.17) is 9.47 Å². The quantitative estimate of drug-likeness (QED) is 0.524. The second-order valence-electron chi connectivity index (χ2n) is 9.70. The molecule has 0 spiro atoms. The number of urea groups is 1. The van der Waals surface area contributed by atoms with Crippen LogP contribution in [-0.4, -0.2) is 88.1 Å². The summed E-state index contributed by atoms with van der Waals surface area (Å²) < 4.78 is 11.9. The minimum Gasteiger partial charge on any atom is -0.497 e. The molecule has 0 aliphatic carbocycles. The van der Waals surface area contributed by atoms with E-state index in [0.717, 1.165) is 55.3 Å². The molecule has 3 amide bonds. The Morgan fingerprint density at radius 1 is 1.19 bits per heavy atom. The number of amides is 3. The molecular formula is C27H37N5O5. The molecule has 0 aromatic heterocycles. The van der Waals surface area contributed by atoms with Crippen molar-refractivity contribution >= 4 is 29.0 Å². The number of carbonyl (C=O) groups excluding carboxylic acids is 2. The van der Waals surface area contributed by atoms with E-state index in [-0.39, 0.29) is 18.5 Å². The summed E-state index contributed by atoms with van der Waals surface area (Å²) in [7, 11) is 5.43. The van der Waals surface area contributed by atoms with Gasteiger partial charge in [0.2, 0.25) is 0 Å². The van der Waals surface area contributed by atoms with Crippen LogP contribution < -0.4 is 29.9 Å². The predicted molar refractivity (Wildman–Crippen MR) is 144 cm³/mol. The Hall–Kier alpha value is -3.50. The molecule has 2 aliphatic rings. The van der Waals surface area contributed by atoms with Crippen LogP contribution in [0, 0.1) is 0 Å². The lowest BCUT2D eigenvalue weighted by molar-refractivity contribution is -0.123. The number of fused-ring (bicyclic) bond motifs is 1. The molecule has 2 unspecified atom stereocenters. The molecular weight excluding hydrogens is 474 g/mol. The summed E-state index contributed by atoms with van der Waals surface area (Å²) in [6.07, 6.45) is 0.0547. The second kappa shape index (κ2) is 11.7. The number of benzene rings is 2. The maximum absolute atomic E-state index is 13.1. The van der Waals surface area contributed by atoms with E-state index in [1.807, 2.05) is 12.1 Å². The molecule has 37 heavy (non-hydrogen) atoms. The first-order valence-corrected chi connectivity index (χ1v) is 12.7. The molecule has 3 N–H and O–H groups in total. The van der Waals surface area contributed by atoms with Crippen molar-refractivity contribution < 1.29 is 24.2 Å². The first-order chi connectivity index (χ1) is 17.7. The Kier molecular flexibility index (Phi) is 8.40. The fraction of sp³-hybridized carbons (Fsp3) is 0.481. The summed E-state index contributed by atoms with van der Waals surface area (Å²) in [5, 5.41) is 15.0. The van der Waals surface area contributed by atoms with Crippen LogP contribution in [-0.2, 0) is 11.2 Å². The van der Waals surface area contributed by atoms with Crippen molar-refractivity contribution in [3.8, 4) is 11.5 Å². The number of methoxy groups -OCH3 is 1. The van der Waals surface area contributed by atoms with Crippen LogP contribution in [0.1, 0.15) is 18.9 Å². The Morgan fingerprint density at radius 2 is 1.89 bits per heavy atom. The molecule has 1 fully saturated rings. The van der Waals surface area contributed by atoms with Gasteiger partial charge in [0.15, 0.2) is 6.10 Å². The van der Waals surface area contributed by atoms with Crippen LogP contribution in [0.25, 0.3) is 0 Å².